The van der Waals surface area contributed by atoms with Crippen LogP contribution in [0.5, 0.6) is 0 Å². The van der Waals surface area contributed by atoms with Gasteiger partial charge in [-0.2, -0.15) is 0 Å². The molecular formula is C23H24Cl2N2O2S. The van der Waals surface area contributed by atoms with E-state index in [1.807, 2.05) is 55.5 Å². The van der Waals surface area contributed by atoms with Crippen LogP contribution < -0.4 is 10.0 Å². The lowest BCUT2D eigenvalue weighted by Gasteiger charge is -2.13. The number of rotatable bonds is 4. The Bertz CT molecular complexity index is 1150. The van der Waals surface area contributed by atoms with Crippen molar-refractivity contribution in [2.75, 3.05) is 17.8 Å². The fourth-order valence-corrected chi connectivity index (χ4v) is 4.97. The molecule has 4 rings (SSSR count). The lowest BCUT2D eigenvalue weighted by Crippen LogP contribution is -2.16. The second-order valence-corrected chi connectivity index (χ2v) is 9.44. The molecule has 1 aliphatic heterocycles. The zero-order valence-electron chi connectivity index (χ0n) is 16.6. The summed E-state index contributed by atoms with van der Waals surface area (Å²) in [6.07, 6.45) is 1.87. The molecule has 0 bridgehead atoms. The lowest BCUT2D eigenvalue weighted by molar-refractivity contribution is 0.601. The first-order valence-corrected chi connectivity index (χ1v) is 11.5. The van der Waals surface area contributed by atoms with Gasteiger partial charge in [-0.05, 0) is 97.1 Å². The Morgan fingerprint density at radius 2 is 1.60 bits per heavy atom. The summed E-state index contributed by atoms with van der Waals surface area (Å²) >= 11 is 5.96. The molecule has 0 aliphatic carbocycles. The molecule has 0 fully saturated rings. The van der Waals surface area contributed by atoms with E-state index in [1.165, 1.54) is 11.1 Å². The topological polar surface area (TPSA) is 58.2 Å². The number of fused-ring (bicyclic) bond motifs is 1. The van der Waals surface area contributed by atoms with Crippen molar-refractivity contribution in [3.8, 4) is 11.1 Å². The molecule has 0 radical (unpaired) electrons. The molecule has 1 heterocycles. The van der Waals surface area contributed by atoms with Crippen molar-refractivity contribution in [2.24, 2.45) is 0 Å². The maximum Gasteiger partial charge on any atom is 0.261 e. The first-order valence-electron chi connectivity index (χ1n) is 9.64. The number of sulfonamides is 1. The number of halogens is 2. The van der Waals surface area contributed by atoms with Crippen LogP contribution in [0.25, 0.3) is 11.1 Å². The molecule has 0 saturated heterocycles. The van der Waals surface area contributed by atoms with Gasteiger partial charge >= 0.3 is 0 Å². The third-order valence-electron chi connectivity index (χ3n) is 5.26. The van der Waals surface area contributed by atoms with E-state index in [-0.39, 0.29) is 17.3 Å². The summed E-state index contributed by atoms with van der Waals surface area (Å²) in [4.78, 5) is 0.254. The molecule has 1 aliphatic rings. The van der Waals surface area contributed by atoms with Gasteiger partial charge < -0.3 is 5.32 Å². The molecule has 0 spiro atoms. The van der Waals surface area contributed by atoms with Gasteiger partial charge in [0.15, 0.2) is 0 Å². The first kappa shape index (κ1) is 22.6. The molecule has 3 aromatic carbocycles. The summed E-state index contributed by atoms with van der Waals surface area (Å²) in [6.45, 7) is 3.78. The Labute approximate surface area is 189 Å². The van der Waals surface area contributed by atoms with Crippen molar-refractivity contribution >= 4 is 39.7 Å². The van der Waals surface area contributed by atoms with E-state index in [9.17, 15) is 8.42 Å². The van der Waals surface area contributed by atoms with Crippen LogP contribution >= 0.6 is 24.0 Å². The monoisotopic (exact) mass is 462 g/mol. The summed E-state index contributed by atoms with van der Waals surface area (Å²) in [6, 6.07) is 18.5. The van der Waals surface area contributed by atoms with Gasteiger partial charge in [0.2, 0.25) is 0 Å². The second-order valence-electron chi connectivity index (χ2n) is 7.32. The molecule has 30 heavy (non-hydrogen) atoms. The minimum Gasteiger partial charge on any atom is -0.316 e. The first-order chi connectivity index (χ1) is 13.9. The Kier molecular flexibility index (Phi) is 7.09. The minimum atomic E-state index is -3.66. The third kappa shape index (κ3) is 4.98. The molecule has 2 N–H and O–H groups in total. The van der Waals surface area contributed by atoms with E-state index < -0.39 is 10.0 Å². The quantitative estimate of drug-likeness (QED) is 0.558. The molecule has 0 saturated carbocycles. The Morgan fingerprint density at radius 3 is 2.30 bits per heavy atom. The van der Waals surface area contributed by atoms with Crippen LogP contribution in [-0.2, 0) is 22.9 Å². The summed E-state index contributed by atoms with van der Waals surface area (Å²) < 4.78 is 28.6. The van der Waals surface area contributed by atoms with Crippen molar-refractivity contribution in [1.82, 2.24) is 5.32 Å². The molecule has 158 valence electrons. The highest BCUT2D eigenvalue weighted by molar-refractivity contribution is 7.92. The largest absolute Gasteiger partial charge is 0.316 e. The number of nitrogens with one attached hydrogen (secondary N) is 2. The van der Waals surface area contributed by atoms with Gasteiger partial charge in [0.25, 0.3) is 10.0 Å². The van der Waals surface area contributed by atoms with Gasteiger partial charge in [0.1, 0.15) is 0 Å². The summed E-state index contributed by atoms with van der Waals surface area (Å²) in [5, 5.41) is 4.04. The summed E-state index contributed by atoms with van der Waals surface area (Å²) in [5.41, 5.74) is 5.96. The van der Waals surface area contributed by atoms with Gasteiger partial charge in [-0.1, -0.05) is 35.9 Å². The predicted molar refractivity (Wildman–Crippen MR) is 126 cm³/mol. The highest BCUT2D eigenvalue weighted by atomic mass is 35.5. The zero-order chi connectivity index (χ0) is 20.4. The van der Waals surface area contributed by atoms with Crippen LogP contribution in [0.15, 0.2) is 65.6 Å². The standard InChI is InChI=1S/C23H23ClN2O2S.ClH/c1-16-14-22(8-9-23(16)18-2-5-20(24)6-3-18)29(27,28)26-21-7-4-17-10-12-25-13-11-19(17)15-21;/h2-9,14-15,25-26H,10-13H2,1H3;1H. The number of anilines is 1. The van der Waals surface area contributed by atoms with Crippen LogP contribution in [0.1, 0.15) is 16.7 Å². The van der Waals surface area contributed by atoms with Crippen molar-refractivity contribution in [3.05, 3.63) is 82.4 Å². The third-order valence-corrected chi connectivity index (χ3v) is 6.90. The summed E-state index contributed by atoms with van der Waals surface area (Å²) in [7, 11) is -3.66. The zero-order valence-corrected chi connectivity index (χ0v) is 19.0. The van der Waals surface area contributed by atoms with Crippen LogP contribution in [-0.4, -0.2) is 21.5 Å². The number of benzene rings is 3. The Morgan fingerprint density at radius 1 is 0.900 bits per heavy atom. The highest BCUT2D eigenvalue weighted by Crippen LogP contribution is 2.28. The number of hydrogen-bond donors (Lipinski definition) is 2. The second kappa shape index (κ2) is 9.40. The normalized spacial score (nSPS) is 13.7. The molecule has 0 amide bonds. The maximum absolute atomic E-state index is 12.9. The van der Waals surface area contributed by atoms with Crippen molar-refractivity contribution in [3.63, 3.8) is 0 Å². The average Bonchev–Trinajstić information content (AvgIpc) is 2.93. The number of hydrogen-bond acceptors (Lipinski definition) is 3. The molecular weight excluding hydrogens is 439 g/mol. The van der Waals surface area contributed by atoms with E-state index >= 15 is 0 Å². The van der Waals surface area contributed by atoms with E-state index in [2.05, 4.69) is 10.0 Å². The predicted octanol–water partition coefficient (Wildman–Crippen LogP) is 5.23. The SMILES string of the molecule is Cc1cc(S(=O)(=O)Nc2ccc3c(c2)CCNCC3)ccc1-c1ccc(Cl)cc1.Cl. The highest BCUT2D eigenvalue weighted by Gasteiger charge is 2.17. The molecule has 4 nitrogen and oxygen atoms in total. The minimum absolute atomic E-state index is 0. The van der Waals surface area contributed by atoms with Crippen LogP contribution in [0.3, 0.4) is 0 Å². The molecule has 0 unspecified atom stereocenters. The van der Waals surface area contributed by atoms with Crippen LogP contribution in [0.2, 0.25) is 5.02 Å². The fraction of sp³-hybridized carbons (Fsp3) is 0.217. The average molecular weight is 463 g/mol. The van der Waals surface area contributed by atoms with Gasteiger partial charge in [-0.25, -0.2) is 8.42 Å². The van der Waals surface area contributed by atoms with Gasteiger partial charge in [0.05, 0.1) is 4.90 Å². The van der Waals surface area contributed by atoms with Gasteiger partial charge in [-0.3, -0.25) is 4.72 Å². The van der Waals surface area contributed by atoms with Crippen molar-refractivity contribution in [1.29, 1.82) is 0 Å². The Hall–Kier alpha value is -2.05. The van der Waals surface area contributed by atoms with Crippen molar-refractivity contribution < 1.29 is 8.42 Å². The summed E-state index contributed by atoms with van der Waals surface area (Å²) in [5.74, 6) is 0. The van der Waals surface area contributed by atoms with Gasteiger partial charge in [0, 0.05) is 10.7 Å². The maximum atomic E-state index is 12.9. The molecule has 0 atom stereocenters. The number of aryl methyl sites for hydroxylation is 1. The molecule has 0 aromatic heterocycles. The van der Waals surface area contributed by atoms with E-state index in [4.69, 9.17) is 11.6 Å². The van der Waals surface area contributed by atoms with Crippen LogP contribution in [0, 0.1) is 6.92 Å². The van der Waals surface area contributed by atoms with Gasteiger partial charge in [-0.15, -0.1) is 12.4 Å². The van der Waals surface area contributed by atoms with E-state index in [0.717, 1.165) is 42.6 Å². The smallest absolute Gasteiger partial charge is 0.261 e. The Balaban J connectivity index is 0.00000256. The van der Waals surface area contributed by atoms with E-state index in [1.54, 1.807) is 12.1 Å². The van der Waals surface area contributed by atoms with Crippen molar-refractivity contribution in [2.45, 2.75) is 24.7 Å². The lowest BCUT2D eigenvalue weighted by atomic mass is 10.0. The molecule has 3 aromatic rings. The molecule has 7 heteroatoms. The fourth-order valence-electron chi connectivity index (χ4n) is 3.71. The van der Waals surface area contributed by atoms with E-state index in [0.29, 0.717) is 10.7 Å². The van der Waals surface area contributed by atoms with Crippen LogP contribution in [0.4, 0.5) is 5.69 Å².